The lowest BCUT2D eigenvalue weighted by Crippen LogP contribution is -2.42. The molecule has 1 saturated heterocycles. The third-order valence-corrected chi connectivity index (χ3v) is 7.54. The second-order valence-electron chi connectivity index (χ2n) is 7.61. The number of rotatable bonds is 6. The summed E-state index contributed by atoms with van der Waals surface area (Å²) in [6.07, 6.45) is 0.403. The fourth-order valence-corrected chi connectivity index (χ4v) is 5.44. The Morgan fingerprint density at radius 1 is 1.18 bits per heavy atom. The predicted molar refractivity (Wildman–Crippen MR) is 124 cm³/mol. The van der Waals surface area contributed by atoms with Crippen molar-refractivity contribution in [2.24, 2.45) is 5.92 Å². The van der Waals surface area contributed by atoms with Crippen LogP contribution in [0.25, 0.3) is 0 Å². The Kier molecular flexibility index (Phi) is 7.66. The molecular formula is C22H22Cl2N2O6S. The van der Waals surface area contributed by atoms with E-state index in [0.29, 0.717) is 20.6 Å². The fraction of sp³-hybridized carbons (Fsp3) is 0.318. The van der Waals surface area contributed by atoms with Gasteiger partial charge in [-0.25, -0.2) is 12.7 Å². The number of amides is 2. The average molecular weight is 513 g/mol. The first-order chi connectivity index (χ1) is 15.5. The van der Waals surface area contributed by atoms with Gasteiger partial charge < -0.3 is 10.1 Å². The standard InChI is InChI=1S/C22H22Cl2N2O6S/c1-13(27)25-20-11-18(6-7-19(20)24)33(30,31)26-12-17(28)5-3-14(22(26)29)9-15-10-16(23)4-8-21(15)32-2/h4,6-8,10-11,14H,3,5,9,12H2,1-2H3,(H,25,27). The molecule has 1 unspecified atom stereocenters. The summed E-state index contributed by atoms with van der Waals surface area (Å²) >= 11 is 12.1. The molecule has 2 aromatic carbocycles. The van der Waals surface area contributed by atoms with Crippen molar-refractivity contribution in [3.05, 3.63) is 52.0 Å². The van der Waals surface area contributed by atoms with Gasteiger partial charge in [-0.15, -0.1) is 0 Å². The third-order valence-electron chi connectivity index (χ3n) is 5.23. The van der Waals surface area contributed by atoms with Crippen LogP contribution in [0.15, 0.2) is 41.3 Å². The number of methoxy groups -OCH3 is 1. The van der Waals surface area contributed by atoms with E-state index >= 15 is 0 Å². The van der Waals surface area contributed by atoms with Gasteiger partial charge in [0.25, 0.3) is 10.0 Å². The minimum Gasteiger partial charge on any atom is -0.496 e. The largest absolute Gasteiger partial charge is 0.496 e. The van der Waals surface area contributed by atoms with Crippen LogP contribution in [0.3, 0.4) is 0 Å². The Morgan fingerprint density at radius 3 is 2.58 bits per heavy atom. The number of ketones is 1. The molecular weight excluding hydrogens is 491 g/mol. The van der Waals surface area contributed by atoms with Gasteiger partial charge in [0.15, 0.2) is 5.78 Å². The number of nitrogens with one attached hydrogen (secondary N) is 1. The molecule has 176 valence electrons. The van der Waals surface area contributed by atoms with Crippen molar-refractivity contribution in [2.75, 3.05) is 19.0 Å². The number of sulfonamides is 1. The number of halogens is 2. The Labute approximate surface area is 201 Å². The molecule has 1 fully saturated rings. The highest BCUT2D eigenvalue weighted by Crippen LogP contribution is 2.32. The molecule has 11 heteroatoms. The average Bonchev–Trinajstić information content (AvgIpc) is 2.89. The summed E-state index contributed by atoms with van der Waals surface area (Å²) in [6.45, 7) is 0.686. The monoisotopic (exact) mass is 512 g/mol. The van der Waals surface area contributed by atoms with Crippen molar-refractivity contribution >= 4 is 56.5 Å². The molecule has 0 aromatic heterocycles. The van der Waals surface area contributed by atoms with E-state index in [1.54, 1.807) is 18.2 Å². The number of ether oxygens (including phenoxy) is 1. The first-order valence-corrected chi connectivity index (χ1v) is 12.2. The molecule has 1 N–H and O–H groups in total. The Hall–Kier alpha value is -2.62. The van der Waals surface area contributed by atoms with Crippen LogP contribution in [0, 0.1) is 5.92 Å². The van der Waals surface area contributed by atoms with Gasteiger partial charge in [0.1, 0.15) is 5.75 Å². The quantitative estimate of drug-likeness (QED) is 0.631. The van der Waals surface area contributed by atoms with E-state index in [9.17, 15) is 22.8 Å². The lowest BCUT2D eigenvalue weighted by molar-refractivity contribution is -0.131. The maximum Gasteiger partial charge on any atom is 0.266 e. The molecule has 2 aromatic rings. The molecule has 0 aliphatic carbocycles. The van der Waals surface area contributed by atoms with E-state index in [1.807, 2.05) is 0 Å². The molecule has 3 rings (SSSR count). The summed E-state index contributed by atoms with van der Waals surface area (Å²) in [4.78, 5) is 36.9. The van der Waals surface area contributed by atoms with Gasteiger partial charge in [0.05, 0.1) is 29.3 Å². The van der Waals surface area contributed by atoms with Gasteiger partial charge in [-0.3, -0.25) is 14.4 Å². The molecule has 2 amide bonds. The lowest BCUT2D eigenvalue weighted by atomic mass is 9.93. The smallest absolute Gasteiger partial charge is 0.266 e. The first-order valence-electron chi connectivity index (χ1n) is 10.0. The van der Waals surface area contributed by atoms with Crippen molar-refractivity contribution in [1.82, 2.24) is 4.31 Å². The van der Waals surface area contributed by atoms with Crippen LogP contribution in [0.1, 0.15) is 25.3 Å². The van der Waals surface area contributed by atoms with Crippen LogP contribution in [0.2, 0.25) is 10.0 Å². The maximum absolute atomic E-state index is 13.4. The van der Waals surface area contributed by atoms with Crippen LogP contribution >= 0.6 is 23.2 Å². The van der Waals surface area contributed by atoms with Crippen LogP contribution in [0.4, 0.5) is 5.69 Å². The SMILES string of the molecule is COc1ccc(Cl)cc1CC1CCC(=O)CN(S(=O)(=O)c2ccc(Cl)c(NC(C)=O)c2)C1=O. The normalized spacial score (nSPS) is 17.0. The first kappa shape index (κ1) is 25.0. The lowest BCUT2D eigenvalue weighted by Gasteiger charge is -2.24. The zero-order valence-corrected chi connectivity index (χ0v) is 20.3. The number of hydrogen-bond donors (Lipinski definition) is 1. The molecule has 8 nitrogen and oxygen atoms in total. The van der Waals surface area contributed by atoms with Gasteiger partial charge in [0, 0.05) is 24.3 Å². The van der Waals surface area contributed by atoms with E-state index in [2.05, 4.69) is 5.32 Å². The number of carbonyl (C=O) groups excluding carboxylic acids is 3. The van der Waals surface area contributed by atoms with Gasteiger partial charge in [-0.2, -0.15) is 0 Å². The van der Waals surface area contributed by atoms with E-state index in [-0.39, 0.29) is 40.7 Å². The van der Waals surface area contributed by atoms with E-state index in [1.165, 1.54) is 26.2 Å². The molecule has 0 spiro atoms. The summed E-state index contributed by atoms with van der Waals surface area (Å²) < 4.78 is 32.7. The molecule has 1 aliphatic heterocycles. The summed E-state index contributed by atoms with van der Waals surface area (Å²) in [5.41, 5.74) is 0.716. The van der Waals surface area contributed by atoms with Gasteiger partial charge in [-0.05, 0) is 54.8 Å². The Balaban J connectivity index is 1.98. The Morgan fingerprint density at radius 2 is 1.91 bits per heavy atom. The van der Waals surface area contributed by atoms with Crippen LogP contribution in [-0.4, -0.2) is 44.0 Å². The molecule has 33 heavy (non-hydrogen) atoms. The highest BCUT2D eigenvalue weighted by atomic mass is 35.5. The second kappa shape index (κ2) is 10.1. The number of anilines is 1. The molecule has 1 heterocycles. The minimum atomic E-state index is -4.40. The van der Waals surface area contributed by atoms with E-state index < -0.39 is 34.3 Å². The highest BCUT2D eigenvalue weighted by molar-refractivity contribution is 7.89. The topological polar surface area (TPSA) is 110 Å². The second-order valence-corrected chi connectivity index (χ2v) is 10.3. The Bertz CT molecular complexity index is 1220. The molecule has 0 saturated carbocycles. The number of benzene rings is 2. The maximum atomic E-state index is 13.4. The highest BCUT2D eigenvalue weighted by Gasteiger charge is 2.38. The van der Waals surface area contributed by atoms with Gasteiger partial charge in [0.2, 0.25) is 11.8 Å². The zero-order valence-electron chi connectivity index (χ0n) is 17.9. The molecule has 1 atom stereocenters. The summed E-state index contributed by atoms with van der Waals surface area (Å²) in [7, 11) is -2.91. The predicted octanol–water partition coefficient (Wildman–Crippen LogP) is 3.70. The van der Waals surface area contributed by atoms with Crippen molar-refractivity contribution in [2.45, 2.75) is 31.1 Å². The van der Waals surface area contributed by atoms with Crippen molar-refractivity contribution < 1.29 is 27.5 Å². The number of Topliss-reactive ketones (excluding diaryl/α,β-unsaturated/α-hetero) is 1. The number of hydrogen-bond acceptors (Lipinski definition) is 6. The van der Waals surface area contributed by atoms with E-state index in [4.69, 9.17) is 27.9 Å². The van der Waals surface area contributed by atoms with Crippen molar-refractivity contribution in [3.63, 3.8) is 0 Å². The van der Waals surface area contributed by atoms with Crippen molar-refractivity contribution in [1.29, 1.82) is 0 Å². The van der Waals surface area contributed by atoms with Crippen LogP contribution in [-0.2, 0) is 30.8 Å². The minimum absolute atomic E-state index is 0.0586. The van der Waals surface area contributed by atoms with Crippen LogP contribution < -0.4 is 10.1 Å². The third kappa shape index (κ3) is 5.66. The summed E-state index contributed by atoms with van der Waals surface area (Å²) in [6, 6.07) is 8.65. The summed E-state index contributed by atoms with van der Waals surface area (Å²) in [5.74, 6) is -1.78. The van der Waals surface area contributed by atoms with Crippen LogP contribution in [0.5, 0.6) is 5.75 Å². The molecule has 0 bridgehead atoms. The zero-order chi connectivity index (χ0) is 24.3. The van der Waals surface area contributed by atoms with Crippen molar-refractivity contribution in [3.8, 4) is 5.75 Å². The number of nitrogens with zero attached hydrogens (tertiary/aromatic N) is 1. The van der Waals surface area contributed by atoms with E-state index in [0.717, 1.165) is 6.07 Å². The molecule has 0 radical (unpaired) electrons. The molecule has 1 aliphatic rings. The van der Waals surface area contributed by atoms with Gasteiger partial charge >= 0.3 is 0 Å². The fourth-order valence-electron chi connectivity index (χ4n) is 3.62. The number of carbonyl (C=O) groups is 3. The van der Waals surface area contributed by atoms with Gasteiger partial charge in [-0.1, -0.05) is 23.2 Å². The summed E-state index contributed by atoms with van der Waals surface area (Å²) in [5, 5.41) is 3.02.